The maximum absolute atomic E-state index is 12.3. The number of thiophene rings is 1. The smallest absolute Gasteiger partial charge is 0.250 e. The topological polar surface area (TPSA) is 58.2 Å². The molecule has 0 spiro atoms. The molecule has 20 heavy (non-hydrogen) atoms. The first-order valence-electron chi connectivity index (χ1n) is 7.01. The third kappa shape index (κ3) is 4.73. The van der Waals surface area contributed by atoms with Crippen molar-refractivity contribution in [1.29, 1.82) is 0 Å². The van der Waals surface area contributed by atoms with Crippen LogP contribution in [0.3, 0.4) is 0 Å². The Kier molecular flexibility index (Phi) is 6.35. The molecule has 114 valence electrons. The SMILES string of the molecule is CCCNCc1ccc(S(=O)(=O)NC2CCSCC2)s1. The summed E-state index contributed by atoms with van der Waals surface area (Å²) in [6, 6.07) is 3.72. The average molecular weight is 335 g/mol. The molecular formula is C13H22N2O2S3. The van der Waals surface area contributed by atoms with E-state index < -0.39 is 10.0 Å². The number of thioether (sulfide) groups is 1. The molecule has 0 radical (unpaired) electrons. The highest BCUT2D eigenvalue weighted by Crippen LogP contribution is 2.24. The molecule has 0 saturated carbocycles. The van der Waals surface area contributed by atoms with Crippen LogP contribution in [0.5, 0.6) is 0 Å². The molecule has 1 aromatic heterocycles. The van der Waals surface area contributed by atoms with Crippen LogP contribution in [0.2, 0.25) is 0 Å². The lowest BCUT2D eigenvalue weighted by atomic mass is 10.2. The van der Waals surface area contributed by atoms with Crippen LogP contribution in [0.15, 0.2) is 16.3 Å². The third-order valence-corrected chi connectivity index (χ3v) is 7.32. The van der Waals surface area contributed by atoms with Crippen LogP contribution in [0, 0.1) is 0 Å². The van der Waals surface area contributed by atoms with Crippen molar-refractivity contribution in [3.8, 4) is 0 Å². The number of sulfonamides is 1. The zero-order valence-corrected chi connectivity index (χ0v) is 14.2. The van der Waals surface area contributed by atoms with Gasteiger partial charge in [-0.2, -0.15) is 11.8 Å². The van der Waals surface area contributed by atoms with Crippen LogP contribution in [0.1, 0.15) is 31.1 Å². The Hall–Kier alpha value is -0.0800. The van der Waals surface area contributed by atoms with Gasteiger partial charge >= 0.3 is 0 Å². The van der Waals surface area contributed by atoms with E-state index in [-0.39, 0.29) is 6.04 Å². The zero-order valence-electron chi connectivity index (χ0n) is 11.7. The van der Waals surface area contributed by atoms with Crippen molar-refractivity contribution in [3.63, 3.8) is 0 Å². The molecule has 0 bridgehead atoms. The maximum Gasteiger partial charge on any atom is 0.250 e. The lowest BCUT2D eigenvalue weighted by Gasteiger charge is -2.21. The molecule has 0 aromatic carbocycles. The predicted octanol–water partition coefficient (Wildman–Crippen LogP) is 2.42. The van der Waals surface area contributed by atoms with Gasteiger partial charge in [0, 0.05) is 17.5 Å². The molecule has 1 aliphatic heterocycles. The molecule has 1 aliphatic rings. The quantitative estimate of drug-likeness (QED) is 0.752. The van der Waals surface area contributed by atoms with E-state index in [1.165, 1.54) is 11.3 Å². The minimum Gasteiger partial charge on any atom is -0.312 e. The van der Waals surface area contributed by atoms with Gasteiger partial charge in [-0.25, -0.2) is 13.1 Å². The Labute approximate surface area is 129 Å². The number of hydrogen-bond donors (Lipinski definition) is 2. The standard InChI is InChI=1S/C13H22N2O2S3/c1-2-7-14-10-12-3-4-13(19-12)20(16,17)15-11-5-8-18-9-6-11/h3-4,11,14-15H,2,5-10H2,1H3. The summed E-state index contributed by atoms with van der Waals surface area (Å²) in [4.78, 5) is 1.07. The fourth-order valence-electron chi connectivity index (χ4n) is 2.08. The second kappa shape index (κ2) is 7.79. The van der Waals surface area contributed by atoms with Crippen LogP contribution < -0.4 is 10.0 Å². The van der Waals surface area contributed by atoms with Crippen molar-refractivity contribution in [3.05, 3.63) is 17.0 Å². The lowest BCUT2D eigenvalue weighted by Crippen LogP contribution is -2.36. The minimum atomic E-state index is -3.34. The van der Waals surface area contributed by atoms with E-state index in [2.05, 4.69) is 17.0 Å². The summed E-state index contributed by atoms with van der Waals surface area (Å²) in [6.45, 7) is 3.82. The average Bonchev–Trinajstić information content (AvgIpc) is 2.89. The molecule has 0 amide bonds. The highest BCUT2D eigenvalue weighted by atomic mass is 32.2. The first kappa shape index (κ1) is 16.3. The van der Waals surface area contributed by atoms with Gasteiger partial charge in [0.25, 0.3) is 0 Å². The Morgan fingerprint density at radius 2 is 2.05 bits per heavy atom. The van der Waals surface area contributed by atoms with E-state index in [9.17, 15) is 8.42 Å². The molecule has 0 atom stereocenters. The molecule has 4 nitrogen and oxygen atoms in total. The minimum absolute atomic E-state index is 0.102. The van der Waals surface area contributed by atoms with E-state index in [1.807, 2.05) is 17.8 Å². The Morgan fingerprint density at radius 1 is 1.30 bits per heavy atom. The normalized spacial score (nSPS) is 17.4. The molecule has 1 aromatic rings. The summed E-state index contributed by atoms with van der Waals surface area (Å²) in [5, 5.41) is 3.29. The highest BCUT2D eigenvalue weighted by molar-refractivity contribution is 7.99. The van der Waals surface area contributed by atoms with Crippen molar-refractivity contribution in [2.75, 3.05) is 18.1 Å². The highest BCUT2D eigenvalue weighted by Gasteiger charge is 2.23. The molecular weight excluding hydrogens is 312 g/mol. The van der Waals surface area contributed by atoms with Crippen LogP contribution >= 0.6 is 23.1 Å². The molecule has 0 aliphatic carbocycles. The van der Waals surface area contributed by atoms with E-state index in [1.54, 1.807) is 6.07 Å². The van der Waals surface area contributed by atoms with Gasteiger partial charge in [-0.05, 0) is 49.4 Å². The van der Waals surface area contributed by atoms with Crippen LogP contribution in [0.4, 0.5) is 0 Å². The van der Waals surface area contributed by atoms with Crippen molar-refractivity contribution in [1.82, 2.24) is 10.0 Å². The third-order valence-electron chi connectivity index (χ3n) is 3.17. The fourth-order valence-corrected chi connectivity index (χ4v) is 5.83. The second-order valence-electron chi connectivity index (χ2n) is 4.91. The monoisotopic (exact) mass is 334 g/mol. The Morgan fingerprint density at radius 3 is 2.75 bits per heavy atom. The Balaban J connectivity index is 1.94. The number of nitrogens with one attached hydrogen (secondary N) is 2. The summed E-state index contributed by atoms with van der Waals surface area (Å²) >= 11 is 3.26. The van der Waals surface area contributed by atoms with Gasteiger partial charge in [0.15, 0.2) is 0 Å². The number of hydrogen-bond acceptors (Lipinski definition) is 5. The van der Waals surface area contributed by atoms with Crippen LogP contribution in [0.25, 0.3) is 0 Å². The summed E-state index contributed by atoms with van der Waals surface area (Å²) in [7, 11) is -3.34. The van der Waals surface area contributed by atoms with Gasteiger partial charge in [-0.3, -0.25) is 0 Å². The molecule has 2 heterocycles. The molecule has 2 rings (SSSR count). The van der Waals surface area contributed by atoms with Gasteiger partial charge in [-0.1, -0.05) is 6.92 Å². The predicted molar refractivity (Wildman–Crippen MR) is 87.0 cm³/mol. The lowest BCUT2D eigenvalue weighted by molar-refractivity contribution is 0.530. The molecule has 7 heteroatoms. The van der Waals surface area contributed by atoms with E-state index in [0.29, 0.717) is 4.21 Å². The van der Waals surface area contributed by atoms with Crippen molar-refractivity contribution < 1.29 is 8.42 Å². The van der Waals surface area contributed by atoms with Gasteiger partial charge < -0.3 is 5.32 Å². The number of rotatable bonds is 7. The zero-order chi connectivity index (χ0) is 14.4. The second-order valence-corrected chi connectivity index (χ2v) is 9.24. The molecule has 2 N–H and O–H groups in total. The first-order valence-corrected chi connectivity index (χ1v) is 10.5. The maximum atomic E-state index is 12.3. The Bertz CT molecular complexity index is 507. The fraction of sp³-hybridized carbons (Fsp3) is 0.692. The van der Waals surface area contributed by atoms with Crippen LogP contribution in [-0.2, 0) is 16.6 Å². The van der Waals surface area contributed by atoms with Crippen molar-refractivity contribution in [2.45, 2.75) is 43.0 Å². The van der Waals surface area contributed by atoms with Gasteiger partial charge in [-0.15, -0.1) is 11.3 Å². The van der Waals surface area contributed by atoms with Gasteiger partial charge in [0.1, 0.15) is 4.21 Å². The van der Waals surface area contributed by atoms with E-state index in [0.717, 1.165) is 48.7 Å². The van der Waals surface area contributed by atoms with Crippen molar-refractivity contribution >= 4 is 33.1 Å². The largest absolute Gasteiger partial charge is 0.312 e. The molecule has 0 unspecified atom stereocenters. The summed E-state index contributed by atoms with van der Waals surface area (Å²) < 4.78 is 27.9. The molecule has 1 saturated heterocycles. The summed E-state index contributed by atoms with van der Waals surface area (Å²) in [5.74, 6) is 2.09. The molecule has 1 fully saturated rings. The van der Waals surface area contributed by atoms with Gasteiger partial charge in [0.05, 0.1) is 0 Å². The van der Waals surface area contributed by atoms with Crippen molar-refractivity contribution in [2.24, 2.45) is 0 Å². The van der Waals surface area contributed by atoms with E-state index >= 15 is 0 Å². The summed E-state index contributed by atoms with van der Waals surface area (Å²) in [6.07, 6.45) is 2.94. The first-order chi connectivity index (χ1) is 9.62. The van der Waals surface area contributed by atoms with E-state index in [4.69, 9.17) is 0 Å². The van der Waals surface area contributed by atoms with Gasteiger partial charge in [0.2, 0.25) is 10.0 Å². The summed E-state index contributed by atoms with van der Waals surface area (Å²) in [5.41, 5.74) is 0. The van der Waals surface area contributed by atoms with Crippen LogP contribution in [-0.4, -0.2) is 32.5 Å².